The quantitative estimate of drug-likeness (QED) is 0.613. The number of carbonyl (C=O) groups is 1. The van der Waals surface area contributed by atoms with Gasteiger partial charge in [0.2, 0.25) is 11.9 Å². The number of hydrogen-bond acceptors (Lipinski definition) is 8. The number of H-pyrrole nitrogens is 1. The van der Waals surface area contributed by atoms with Crippen molar-refractivity contribution in [2.24, 2.45) is 0 Å². The normalized spacial score (nSPS) is 21.1. The average molecular weight is 543 g/mol. The van der Waals surface area contributed by atoms with Crippen molar-refractivity contribution in [3.8, 4) is 5.75 Å². The molecule has 5 heterocycles. The van der Waals surface area contributed by atoms with Crippen molar-refractivity contribution in [3.05, 3.63) is 38.6 Å². The van der Waals surface area contributed by atoms with E-state index < -0.39 is 5.41 Å². The third-order valence-corrected chi connectivity index (χ3v) is 8.85. The summed E-state index contributed by atoms with van der Waals surface area (Å²) < 4.78 is 11.5. The van der Waals surface area contributed by atoms with Crippen LogP contribution in [0.5, 0.6) is 5.75 Å². The van der Waals surface area contributed by atoms with Crippen molar-refractivity contribution in [1.82, 2.24) is 14.9 Å². The highest BCUT2D eigenvalue weighted by atomic mass is 35.5. The Labute approximate surface area is 227 Å². The Kier molecular flexibility index (Phi) is 6.74. The molecular weight excluding hydrogens is 508 g/mol. The summed E-state index contributed by atoms with van der Waals surface area (Å²) in [5, 5.41) is 0.567. The van der Waals surface area contributed by atoms with E-state index in [0.717, 1.165) is 74.9 Å². The lowest BCUT2D eigenvalue weighted by molar-refractivity contribution is -0.123. The molecule has 0 radical (unpaired) electrons. The summed E-state index contributed by atoms with van der Waals surface area (Å²) in [5.74, 6) is 2.08. The number of piperidine rings is 1. The number of nitrogens with zero attached hydrogens (tertiary/aromatic N) is 5. The number of morpholine rings is 1. The van der Waals surface area contributed by atoms with E-state index in [2.05, 4.69) is 19.7 Å². The lowest BCUT2D eigenvalue weighted by Gasteiger charge is -2.39. The van der Waals surface area contributed by atoms with Gasteiger partial charge in [0, 0.05) is 65.0 Å². The third kappa shape index (κ3) is 4.32. The second-order valence-corrected chi connectivity index (χ2v) is 11.2. The number of hydrogen-bond donors (Lipinski definition) is 1. The number of anilines is 3. The fourth-order valence-corrected chi connectivity index (χ4v) is 6.76. The molecule has 0 unspecified atom stereocenters. The topological polar surface area (TPSA) is 94.2 Å². The lowest BCUT2D eigenvalue weighted by atomic mass is 9.73. The van der Waals surface area contributed by atoms with Gasteiger partial charge in [0.1, 0.15) is 18.2 Å². The molecule has 38 heavy (non-hydrogen) atoms. The number of fused-ring (bicyclic) bond motifs is 3. The standard InChI is InChI=1S/C27H35ClN6O4/c1-31-7-3-4-19-23(31)29-26(30-24(19)35)34-8-5-27(6-9-34)22-20(28)16-18(17-21(22)32(2)25(27)36)38-15-12-33-10-13-37-14-11-33/h16-17H,3-15H2,1-2H3,(H,29,30,35). The van der Waals surface area contributed by atoms with E-state index >= 15 is 0 Å². The summed E-state index contributed by atoms with van der Waals surface area (Å²) in [5.41, 5.74) is 1.71. The van der Waals surface area contributed by atoms with E-state index in [0.29, 0.717) is 49.3 Å². The second-order valence-electron chi connectivity index (χ2n) is 10.8. The fourth-order valence-electron chi connectivity index (χ4n) is 6.37. The molecule has 1 aromatic carbocycles. The number of likely N-dealkylation sites (N-methyl/N-ethyl adjacent to an activating group) is 1. The van der Waals surface area contributed by atoms with Crippen molar-refractivity contribution in [3.63, 3.8) is 0 Å². The van der Waals surface area contributed by atoms with Crippen molar-refractivity contribution in [2.75, 3.05) is 87.9 Å². The minimum Gasteiger partial charge on any atom is -0.492 e. The van der Waals surface area contributed by atoms with Crippen molar-refractivity contribution < 1.29 is 14.3 Å². The van der Waals surface area contributed by atoms with Crippen LogP contribution in [0.3, 0.4) is 0 Å². The van der Waals surface area contributed by atoms with E-state index in [4.69, 9.17) is 26.1 Å². The van der Waals surface area contributed by atoms with Gasteiger partial charge >= 0.3 is 0 Å². The first-order valence-corrected chi connectivity index (χ1v) is 13.9. The van der Waals surface area contributed by atoms with Gasteiger partial charge in [-0.25, -0.2) is 0 Å². The van der Waals surface area contributed by atoms with Crippen LogP contribution in [0, 0.1) is 0 Å². The summed E-state index contributed by atoms with van der Waals surface area (Å²) in [4.78, 5) is 42.4. The Morgan fingerprint density at radius 3 is 2.63 bits per heavy atom. The Morgan fingerprint density at radius 2 is 1.87 bits per heavy atom. The van der Waals surface area contributed by atoms with Crippen LogP contribution in [-0.2, 0) is 21.4 Å². The van der Waals surface area contributed by atoms with Gasteiger partial charge in [-0.15, -0.1) is 0 Å². The molecule has 1 spiro atoms. The number of nitrogens with one attached hydrogen (secondary N) is 1. The number of aromatic nitrogens is 2. The first kappa shape index (κ1) is 25.5. The zero-order valence-electron chi connectivity index (χ0n) is 22.1. The predicted molar refractivity (Wildman–Crippen MR) is 147 cm³/mol. The number of halogens is 1. The number of benzene rings is 1. The number of amides is 1. The molecular formula is C27H35ClN6O4. The molecule has 1 amide bonds. The fraction of sp³-hybridized carbons (Fsp3) is 0.593. The van der Waals surface area contributed by atoms with Crippen LogP contribution in [-0.4, -0.2) is 94.0 Å². The Balaban J connectivity index is 1.19. The van der Waals surface area contributed by atoms with Gasteiger partial charge in [0.25, 0.3) is 5.56 Å². The van der Waals surface area contributed by atoms with E-state index in [-0.39, 0.29) is 11.5 Å². The number of rotatable bonds is 5. The van der Waals surface area contributed by atoms with Crippen molar-refractivity contribution >= 4 is 35.0 Å². The molecule has 0 bridgehead atoms. The molecule has 1 aromatic heterocycles. The first-order valence-electron chi connectivity index (χ1n) is 13.5. The predicted octanol–water partition coefficient (Wildman–Crippen LogP) is 2.03. The van der Waals surface area contributed by atoms with Gasteiger partial charge in [-0.05, 0) is 31.7 Å². The number of ether oxygens (including phenoxy) is 2. The Bertz CT molecular complexity index is 1290. The highest BCUT2D eigenvalue weighted by Crippen LogP contribution is 2.52. The molecule has 6 rings (SSSR count). The Hall–Kier alpha value is -2.82. The van der Waals surface area contributed by atoms with Crippen LogP contribution in [0.4, 0.5) is 17.5 Å². The summed E-state index contributed by atoms with van der Waals surface area (Å²) >= 11 is 6.86. The van der Waals surface area contributed by atoms with Gasteiger partial charge in [-0.2, -0.15) is 4.98 Å². The average Bonchev–Trinajstić information content (AvgIpc) is 3.12. The highest BCUT2D eigenvalue weighted by molar-refractivity contribution is 6.33. The maximum absolute atomic E-state index is 13.7. The van der Waals surface area contributed by atoms with Crippen LogP contribution >= 0.6 is 11.6 Å². The minimum absolute atomic E-state index is 0.0612. The summed E-state index contributed by atoms with van der Waals surface area (Å²) in [6.07, 6.45) is 2.89. The van der Waals surface area contributed by atoms with E-state index in [1.54, 1.807) is 4.90 Å². The molecule has 2 saturated heterocycles. The van der Waals surface area contributed by atoms with Crippen molar-refractivity contribution in [2.45, 2.75) is 31.1 Å². The Morgan fingerprint density at radius 1 is 1.11 bits per heavy atom. The molecule has 204 valence electrons. The summed E-state index contributed by atoms with van der Waals surface area (Å²) in [6.45, 7) is 6.79. The molecule has 11 heteroatoms. The summed E-state index contributed by atoms with van der Waals surface area (Å²) in [7, 11) is 3.79. The van der Waals surface area contributed by atoms with Gasteiger partial charge in [0.05, 0.1) is 34.9 Å². The maximum Gasteiger partial charge on any atom is 0.257 e. The van der Waals surface area contributed by atoms with E-state index in [9.17, 15) is 9.59 Å². The van der Waals surface area contributed by atoms with Gasteiger partial charge in [0.15, 0.2) is 0 Å². The SMILES string of the molecule is CN1CCCc2c1nc(N1CCC3(CC1)C(=O)N(C)c1cc(OCCN4CCOCC4)cc(Cl)c13)[nH]c2=O. The van der Waals surface area contributed by atoms with Crippen LogP contribution < -0.4 is 25.0 Å². The van der Waals surface area contributed by atoms with Gasteiger partial charge < -0.3 is 24.2 Å². The molecule has 2 aromatic rings. The third-order valence-electron chi connectivity index (χ3n) is 8.56. The van der Waals surface area contributed by atoms with Crippen LogP contribution in [0.1, 0.15) is 30.4 Å². The molecule has 4 aliphatic rings. The lowest BCUT2D eigenvalue weighted by Crippen LogP contribution is -2.49. The molecule has 0 saturated carbocycles. The molecule has 10 nitrogen and oxygen atoms in total. The van der Waals surface area contributed by atoms with Gasteiger partial charge in [-0.3, -0.25) is 19.5 Å². The molecule has 2 fully saturated rings. The zero-order chi connectivity index (χ0) is 26.4. The maximum atomic E-state index is 13.7. The van der Waals surface area contributed by atoms with Crippen LogP contribution in [0.25, 0.3) is 0 Å². The molecule has 4 aliphatic heterocycles. The molecule has 0 aliphatic carbocycles. The largest absolute Gasteiger partial charge is 0.492 e. The second kappa shape index (κ2) is 10.1. The molecule has 0 atom stereocenters. The zero-order valence-corrected chi connectivity index (χ0v) is 22.9. The smallest absolute Gasteiger partial charge is 0.257 e. The summed E-state index contributed by atoms with van der Waals surface area (Å²) in [6, 6.07) is 3.79. The number of carbonyl (C=O) groups excluding carboxylic acids is 1. The minimum atomic E-state index is -0.685. The van der Waals surface area contributed by atoms with E-state index in [1.807, 2.05) is 26.2 Å². The van der Waals surface area contributed by atoms with Crippen molar-refractivity contribution in [1.29, 1.82) is 0 Å². The van der Waals surface area contributed by atoms with Crippen LogP contribution in [0.15, 0.2) is 16.9 Å². The van der Waals surface area contributed by atoms with Gasteiger partial charge in [-0.1, -0.05) is 11.6 Å². The van der Waals surface area contributed by atoms with E-state index in [1.165, 1.54) is 0 Å². The highest BCUT2D eigenvalue weighted by Gasteiger charge is 2.52. The monoisotopic (exact) mass is 542 g/mol. The first-order chi connectivity index (χ1) is 18.4. The van der Waals surface area contributed by atoms with Crippen LogP contribution in [0.2, 0.25) is 5.02 Å². The number of aromatic amines is 1. The molecule has 1 N–H and O–H groups in total.